The summed E-state index contributed by atoms with van der Waals surface area (Å²) < 4.78 is 12.6. The second kappa shape index (κ2) is 6.36. The Balaban J connectivity index is 2.55. The number of nitrogens with zero attached hydrogens (tertiary/aromatic N) is 3. The van der Waals surface area contributed by atoms with Gasteiger partial charge >= 0.3 is 0 Å². The Hall–Kier alpha value is -2.12. The van der Waals surface area contributed by atoms with Crippen molar-refractivity contribution < 1.29 is 9.47 Å². The normalized spacial score (nSPS) is 12.2. The number of hydrogen-bond donors (Lipinski definition) is 2. The molecular weight excluding hydrogens is 258 g/mol. The summed E-state index contributed by atoms with van der Waals surface area (Å²) in [6.07, 6.45) is 5.02. The van der Waals surface area contributed by atoms with Crippen molar-refractivity contribution in [2.45, 2.75) is 19.5 Å². The van der Waals surface area contributed by atoms with E-state index >= 15 is 0 Å². The van der Waals surface area contributed by atoms with Crippen LogP contribution in [0.5, 0.6) is 11.5 Å². The first kappa shape index (κ1) is 14.3. The lowest BCUT2D eigenvalue weighted by molar-refractivity contribution is 0.387. The molecule has 1 unspecified atom stereocenters. The second-order valence-electron chi connectivity index (χ2n) is 4.13. The van der Waals surface area contributed by atoms with Crippen LogP contribution in [-0.2, 0) is 6.54 Å². The average molecular weight is 277 g/mol. The van der Waals surface area contributed by atoms with Gasteiger partial charge in [0.1, 0.15) is 11.4 Å². The zero-order chi connectivity index (χ0) is 14.5. The molecule has 0 aromatic carbocycles. The molecule has 0 aliphatic heterocycles. The molecule has 108 valence electrons. The van der Waals surface area contributed by atoms with E-state index in [1.54, 1.807) is 32.8 Å². The molecule has 0 bridgehead atoms. The van der Waals surface area contributed by atoms with E-state index in [1.165, 1.54) is 0 Å². The van der Waals surface area contributed by atoms with Crippen molar-refractivity contribution in [3.63, 3.8) is 0 Å². The molecule has 2 heterocycles. The van der Waals surface area contributed by atoms with Crippen molar-refractivity contribution in [1.82, 2.24) is 20.2 Å². The molecule has 0 radical (unpaired) electrons. The van der Waals surface area contributed by atoms with Gasteiger partial charge in [0.2, 0.25) is 0 Å². The van der Waals surface area contributed by atoms with Crippen molar-refractivity contribution in [1.29, 1.82) is 0 Å². The van der Waals surface area contributed by atoms with Crippen LogP contribution in [0.2, 0.25) is 0 Å². The van der Waals surface area contributed by atoms with E-state index in [0.29, 0.717) is 18.0 Å². The Bertz CT molecular complexity index is 548. The Kier molecular flexibility index (Phi) is 4.54. The van der Waals surface area contributed by atoms with Gasteiger partial charge in [-0.3, -0.25) is 15.5 Å². The summed E-state index contributed by atoms with van der Waals surface area (Å²) in [4.78, 5) is 4.05. The largest absolute Gasteiger partial charge is 0.495 e. The molecule has 3 N–H and O–H groups in total. The van der Waals surface area contributed by atoms with Gasteiger partial charge in [0.25, 0.3) is 0 Å². The summed E-state index contributed by atoms with van der Waals surface area (Å²) in [5, 5.41) is 4.29. The van der Waals surface area contributed by atoms with Crippen LogP contribution in [0, 0.1) is 0 Å². The maximum Gasteiger partial charge on any atom is 0.161 e. The van der Waals surface area contributed by atoms with E-state index in [-0.39, 0.29) is 6.04 Å². The van der Waals surface area contributed by atoms with Crippen molar-refractivity contribution >= 4 is 0 Å². The lowest BCUT2D eigenvalue weighted by Gasteiger charge is -2.20. The molecule has 2 rings (SSSR count). The zero-order valence-corrected chi connectivity index (χ0v) is 11.8. The summed E-state index contributed by atoms with van der Waals surface area (Å²) in [5.74, 6) is 7.07. The minimum absolute atomic E-state index is 0.301. The third-order valence-corrected chi connectivity index (χ3v) is 3.15. The Labute approximate surface area is 117 Å². The molecule has 0 aliphatic rings. The van der Waals surface area contributed by atoms with Gasteiger partial charge in [-0.1, -0.05) is 0 Å². The first-order valence-electron chi connectivity index (χ1n) is 6.30. The second-order valence-corrected chi connectivity index (χ2v) is 4.13. The SMILES string of the molecule is CCn1ncc(OC)c1C(NN)c1ccncc1OC. The predicted molar refractivity (Wildman–Crippen MR) is 74.4 cm³/mol. The van der Waals surface area contributed by atoms with Crippen molar-refractivity contribution in [2.24, 2.45) is 5.84 Å². The van der Waals surface area contributed by atoms with Gasteiger partial charge in [0, 0.05) is 18.3 Å². The number of rotatable bonds is 6. The first-order chi connectivity index (χ1) is 9.76. The number of methoxy groups -OCH3 is 2. The highest BCUT2D eigenvalue weighted by atomic mass is 16.5. The van der Waals surface area contributed by atoms with E-state index in [4.69, 9.17) is 15.3 Å². The van der Waals surface area contributed by atoms with Crippen LogP contribution in [0.1, 0.15) is 24.2 Å². The van der Waals surface area contributed by atoms with E-state index < -0.39 is 0 Å². The van der Waals surface area contributed by atoms with E-state index in [0.717, 1.165) is 11.3 Å². The average Bonchev–Trinajstić information content (AvgIpc) is 2.91. The third-order valence-electron chi connectivity index (χ3n) is 3.15. The van der Waals surface area contributed by atoms with Gasteiger partial charge in [-0.25, -0.2) is 5.43 Å². The molecule has 0 saturated heterocycles. The fraction of sp³-hybridized carbons (Fsp3) is 0.385. The summed E-state index contributed by atoms with van der Waals surface area (Å²) in [6.45, 7) is 2.72. The predicted octanol–water partition coefficient (Wildman–Crippen LogP) is 0.868. The zero-order valence-electron chi connectivity index (χ0n) is 11.8. The topological polar surface area (TPSA) is 87.2 Å². The van der Waals surface area contributed by atoms with Gasteiger partial charge in [0.15, 0.2) is 5.75 Å². The first-order valence-corrected chi connectivity index (χ1v) is 6.30. The maximum absolute atomic E-state index is 5.74. The minimum atomic E-state index is -0.301. The van der Waals surface area contributed by atoms with Crippen molar-refractivity contribution in [2.75, 3.05) is 14.2 Å². The van der Waals surface area contributed by atoms with Crippen LogP contribution in [0.3, 0.4) is 0 Å². The molecule has 0 aliphatic carbocycles. The molecule has 2 aromatic rings. The fourth-order valence-electron chi connectivity index (χ4n) is 2.19. The summed E-state index contributed by atoms with van der Waals surface area (Å²) in [6, 6.07) is 1.56. The van der Waals surface area contributed by atoms with Crippen molar-refractivity contribution in [3.05, 3.63) is 35.9 Å². The van der Waals surface area contributed by atoms with Crippen LogP contribution in [0.15, 0.2) is 24.7 Å². The van der Waals surface area contributed by atoms with Gasteiger partial charge in [-0.05, 0) is 13.0 Å². The van der Waals surface area contributed by atoms with Crippen LogP contribution in [0.25, 0.3) is 0 Å². The number of aromatic nitrogens is 3. The molecule has 1 atom stereocenters. The van der Waals surface area contributed by atoms with E-state index in [9.17, 15) is 0 Å². The number of aryl methyl sites for hydroxylation is 1. The molecule has 0 spiro atoms. The molecule has 0 amide bonds. The molecule has 20 heavy (non-hydrogen) atoms. The molecule has 2 aromatic heterocycles. The number of ether oxygens (including phenoxy) is 2. The molecule has 0 fully saturated rings. The minimum Gasteiger partial charge on any atom is -0.495 e. The van der Waals surface area contributed by atoms with Gasteiger partial charge in [0.05, 0.1) is 32.7 Å². The monoisotopic (exact) mass is 277 g/mol. The van der Waals surface area contributed by atoms with Crippen LogP contribution in [0.4, 0.5) is 0 Å². The summed E-state index contributed by atoms with van der Waals surface area (Å²) in [5.41, 5.74) is 4.52. The lowest BCUT2D eigenvalue weighted by Crippen LogP contribution is -2.31. The number of hydrogen-bond acceptors (Lipinski definition) is 6. The van der Waals surface area contributed by atoms with Crippen molar-refractivity contribution in [3.8, 4) is 11.5 Å². The van der Waals surface area contributed by atoms with E-state index in [1.807, 2.05) is 17.7 Å². The van der Waals surface area contributed by atoms with Gasteiger partial charge < -0.3 is 9.47 Å². The highest BCUT2D eigenvalue weighted by Crippen LogP contribution is 2.33. The Morgan fingerprint density at radius 1 is 1.30 bits per heavy atom. The number of hydrazine groups is 1. The summed E-state index contributed by atoms with van der Waals surface area (Å²) in [7, 11) is 3.21. The molecule has 0 saturated carbocycles. The summed E-state index contributed by atoms with van der Waals surface area (Å²) >= 11 is 0. The Morgan fingerprint density at radius 3 is 2.65 bits per heavy atom. The maximum atomic E-state index is 5.74. The molecular formula is C13H19N5O2. The van der Waals surface area contributed by atoms with Crippen LogP contribution in [-0.4, -0.2) is 29.0 Å². The standard InChI is InChI=1S/C13H19N5O2/c1-4-18-13(11(20-3)8-16-18)12(17-14)9-5-6-15-7-10(9)19-2/h5-8,12,17H,4,14H2,1-3H3. The number of pyridine rings is 1. The highest BCUT2D eigenvalue weighted by molar-refractivity contribution is 5.42. The van der Waals surface area contributed by atoms with E-state index in [2.05, 4.69) is 15.5 Å². The molecule has 7 nitrogen and oxygen atoms in total. The quantitative estimate of drug-likeness (QED) is 0.602. The third kappa shape index (κ3) is 2.45. The molecule has 7 heteroatoms. The fourth-order valence-corrected chi connectivity index (χ4v) is 2.19. The van der Waals surface area contributed by atoms with Crippen LogP contribution >= 0.6 is 0 Å². The Morgan fingerprint density at radius 2 is 2.05 bits per heavy atom. The highest BCUT2D eigenvalue weighted by Gasteiger charge is 2.24. The number of nitrogens with one attached hydrogen (secondary N) is 1. The van der Waals surface area contributed by atoms with Gasteiger partial charge in [-0.2, -0.15) is 5.10 Å². The number of nitrogens with two attached hydrogens (primary N) is 1. The van der Waals surface area contributed by atoms with Crippen LogP contribution < -0.4 is 20.7 Å². The lowest BCUT2D eigenvalue weighted by atomic mass is 10.0. The van der Waals surface area contributed by atoms with Gasteiger partial charge in [-0.15, -0.1) is 0 Å². The smallest absolute Gasteiger partial charge is 0.161 e.